The van der Waals surface area contributed by atoms with Gasteiger partial charge in [0.2, 0.25) is 5.91 Å². The molecule has 1 aromatic carbocycles. The van der Waals surface area contributed by atoms with Gasteiger partial charge in [-0.15, -0.1) is 0 Å². The first-order chi connectivity index (χ1) is 5.54. The van der Waals surface area contributed by atoms with E-state index < -0.39 is 5.91 Å². The number of hydrogen-bond acceptors (Lipinski definition) is 4. The Kier molecular flexibility index (Phi) is 2.32. The first kappa shape index (κ1) is 8.99. The predicted molar refractivity (Wildman–Crippen MR) is 43.3 cm³/mol. The maximum Gasteiger partial charge on any atom is 0.248 e. The van der Waals surface area contributed by atoms with Crippen molar-refractivity contribution in [3.8, 4) is 5.75 Å². The van der Waals surface area contributed by atoms with Crippen LogP contribution in [0.4, 0.5) is 0 Å². The van der Waals surface area contributed by atoms with Gasteiger partial charge in [0, 0.05) is 5.56 Å². The summed E-state index contributed by atoms with van der Waals surface area (Å²) < 4.78 is 4.88. The standard InChI is InChI=1S/C8H11NO3/c1-12-7-4-2-6(3-5-7)8(9,10)11/h2-5,10-11H,9H2,1H3. The van der Waals surface area contributed by atoms with E-state index in [1.807, 2.05) is 0 Å². The Balaban J connectivity index is 2.93. The van der Waals surface area contributed by atoms with Crippen LogP contribution in [-0.4, -0.2) is 17.3 Å². The van der Waals surface area contributed by atoms with Crippen LogP contribution in [0.1, 0.15) is 5.56 Å². The molecule has 0 aliphatic carbocycles. The van der Waals surface area contributed by atoms with E-state index in [4.69, 9.17) is 20.7 Å². The lowest BCUT2D eigenvalue weighted by molar-refractivity contribution is -0.163. The van der Waals surface area contributed by atoms with E-state index in [1.54, 1.807) is 12.1 Å². The van der Waals surface area contributed by atoms with Crippen LogP contribution in [0.3, 0.4) is 0 Å². The number of methoxy groups -OCH3 is 1. The number of rotatable bonds is 2. The molecule has 66 valence electrons. The summed E-state index contributed by atoms with van der Waals surface area (Å²) in [6, 6.07) is 6.17. The number of hydrogen-bond donors (Lipinski definition) is 3. The van der Waals surface area contributed by atoms with Crippen LogP contribution in [0.15, 0.2) is 24.3 Å². The molecule has 0 saturated carbocycles. The summed E-state index contributed by atoms with van der Waals surface area (Å²) >= 11 is 0. The molecule has 0 amide bonds. The number of nitrogens with two attached hydrogens (primary N) is 1. The fourth-order valence-corrected chi connectivity index (χ4v) is 0.836. The van der Waals surface area contributed by atoms with Crippen LogP contribution in [0.2, 0.25) is 0 Å². The predicted octanol–water partition coefficient (Wildman–Crippen LogP) is -0.251. The molecule has 0 heterocycles. The zero-order valence-corrected chi connectivity index (χ0v) is 6.69. The first-order valence-corrected chi connectivity index (χ1v) is 3.42. The molecule has 0 bridgehead atoms. The third-order valence-electron chi connectivity index (χ3n) is 1.51. The topological polar surface area (TPSA) is 75.7 Å². The summed E-state index contributed by atoms with van der Waals surface area (Å²) in [5.41, 5.74) is 5.24. The Labute approximate surface area is 70.2 Å². The molecule has 1 rings (SSSR count). The molecule has 0 aliphatic heterocycles. The quantitative estimate of drug-likeness (QED) is 0.533. The summed E-state index contributed by atoms with van der Waals surface area (Å²) in [7, 11) is 1.53. The Hall–Kier alpha value is -1.10. The molecule has 0 atom stereocenters. The van der Waals surface area contributed by atoms with E-state index in [1.165, 1.54) is 19.2 Å². The van der Waals surface area contributed by atoms with Gasteiger partial charge in [-0.25, -0.2) is 0 Å². The van der Waals surface area contributed by atoms with Gasteiger partial charge in [0.05, 0.1) is 7.11 Å². The minimum absolute atomic E-state index is 0.225. The lowest BCUT2D eigenvalue weighted by Crippen LogP contribution is -2.35. The van der Waals surface area contributed by atoms with Gasteiger partial charge in [0.25, 0.3) is 0 Å². The van der Waals surface area contributed by atoms with Crippen molar-refractivity contribution in [2.24, 2.45) is 5.73 Å². The van der Waals surface area contributed by atoms with Crippen molar-refractivity contribution in [1.82, 2.24) is 0 Å². The molecule has 0 saturated heterocycles. The van der Waals surface area contributed by atoms with Gasteiger partial charge in [-0.3, -0.25) is 5.73 Å². The van der Waals surface area contributed by atoms with E-state index >= 15 is 0 Å². The molecule has 0 unspecified atom stereocenters. The minimum Gasteiger partial charge on any atom is -0.497 e. The van der Waals surface area contributed by atoms with E-state index in [0.29, 0.717) is 5.75 Å². The van der Waals surface area contributed by atoms with E-state index in [2.05, 4.69) is 0 Å². The molecule has 0 spiro atoms. The summed E-state index contributed by atoms with van der Waals surface area (Å²) in [5.74, 6) is -1.63. The van der Waals surface area contributed by atoms with Gasteiger partial charge in [-0.1, -0.05) is 0 Å². The minimum atomic E-state index is -2.27. The van der Waals surface area contributed by atoms with Crippen molar-refractivity contribution in [1.29, 1.82) is 0 Å². The highest BCUT2D eigenvalue weighted by Gasteiger charge is 2.18. The lowest BCUT2D eigenvalue weighted by Gasteiger charge is -2.15. The monoisotopic (exact) mass is 169 g/mol. The average molecular weight is 169 g/mol. The van der Waals surface area contributed by atoms with Crippen LogP contribution in [-0.2, 0) is 5.91 Å². The Morgan fingerprint density at radius 3 is 2.08 bits per heavy atom. The van der Waals surface area contributed by atoms with E-state index in [-0.39, 0.29) is 5.56 Å². The molecular formula is C8H11NO3. The van der Waals surface area contributed by atoms with Crippen LogP contribution in [0.25, 0.3) is 0 Å². The SMILES string of the molecule is COc1ccc(C(N)(O)O)cc1. The van der Waals surface area contributed by atoms with Gasteiger partial charge in [0.1, 0.15) is 5.75 Å². The van der Waals surface area contributed by atoms with Crippen LogP contribution in [0.5, 0.6) is 5.75 Å². The Morgan fingerprint density at radius 1 is 1.25 bits per heavy atom. The largest absolute Gasteiger partial charge is 0.497 e. The molecule has 1 aromatic rings. The van der Waals surface area contributed by atoms with Gasteiger partial charge in [-0.2, -0.15) is 0 Å². The van der Waals surface area contributed by atoms with Crippen molar-refractivity contribution in [2.45, 2.75) is 5.91 Å². The van der Waals surface area contributed by atoms with Crippen LogP contribution >= 0.6 is 0 Å². The van der Waals surface area contributed by atoms with Crippen molar-refractivity contribution >= 4 is 0 Å². The summed E-state index contributed by atoms with van der Waals surface area (Å²) in [5, 5.41) is 17.9. The molecule has 4 N–H and O–H groups in total. The lowest BCUT2D eigenvalue weighted by atomic mass is 10.1. The molecule has 0 aliphatic rings. The summed E-state index contributed by atoms with van der Waals surface area (Å²) in [6.07, 6.45) is 0. The highest BCUT2D eigenvalue weighted by atomic mass is 16.5. The van der Waals surface area contributed by atoms with Gasteiger partial charge < -0.3 is 14.9 Å². The van der Waals surface area contributed by atoms with Crippen molar-refractivity contribution < 1.29 is 14.9 Å². The first-order valence-electron chi connectivity index (χ1n) is 3.42. The molecule has 0 aromatic heterocycles. The Bertz CT molecular complexity index is 250. The van der Waals surface area contributed by atoms with Crippen molar-refractivity contribution in [3.05, 3.63) is 29.8 Å². The van der Waals surface area contributed by atoms with Gasteiger partial charge in [-0.05, 0) is 24.3 Å². The molecule has 0 fully saturated rings. The molecule has 0 radical (unpaired) electrons. The average Bonchev–Trinajstić information content (AvgIpc) is 2.03. The van der Waals surface area contributed by atoms with Crippen LogP contribution < -0.4 is 10.5 Å². The second-order valence-corrected chi connectivity index (χ2v) is 2.45. The smallest absolute Gasteiger partial charge is 0.248 e. The van der Waals surface area contributed by atoms with Gasteiger partial charge >= 0.3 is 0 Å². The second kappa shape index (κ2) is 3.10. The molecule has 4 nitrogen and oxygen atoms in total. The van der Waals surface area contributed by atoms with E-state index in [9.17, 15) is 0 Å². The summed E-state index contributed by atoms with van der Waals surface area (Å²) in [6.45, 7) is 0. The third-order valence-corrected chi connectivity index (χ3v) is 1.51. The number of benzene rings is 1. The molecule has 12 heavy (non-hydrogen) atoms. The van der Waals surface area contributed by atoms with Crippen molar-refractivity contribution in [2.75, 3.05) is 7.11 Å². The van der Waals surface area contributed by atoms with Crippen LogP contribution in [0, 0.1) is 0 Å². The van der Waals surface area contributed by atoms with E-state index in [0.717, 1.165) is 0 Å². The maximum atomic E-state index is 8.95. The third kappa shape index (κ3) is 1.94. The zero-order valence-electron chi connectivity index (χ0n) is 6.69. The zero-order chi connectivity index (χ0) is 9.19. The number of ether oxygens (including phenoxy) is 1. The number of aliphatic hydroxyl groups is 2. The summed E-state index contributed by atoms with van der Waals surface area (Å²) in [4.78, 5) is 0. The highest BCUT2D eigenvalue weighted by Crippen LogP contribution is 2.16. The molecule has 4 heteroatoms. The fraction of sp³-hybridized carbons (Fsp3) is 0.250. The second-order valence-electron chi connectivity index (χ2n) is 2.45. The maximum absolute atomic E-state index is 8.95. The van der Waals surface area contributed by atoms with Gasteiger partial charge in [0.15, 0.2) is 0 Å². The normalized spacial score (nSPS) is 11.3. The molecular weight excluding hydrogens is 158 g/mol. The fourth-order valence-electron chi connectivity index (χ4n) is 0.836. The van der Waals surface area contributed by atoms with Crippen molar-refractivity contribution in [3.63, 3.8) is 0 Å². The highest BCUT2D eigenvalue weighted by molar-refractivity contribution is 5.28. The Morgan fingerprint density at radius 2 is 1.75 bits per heavy atom.